The van der Waals surface area contributed by atoms with Crippen molar-refractivity contribution in [3.8, 4) is 0 Å². The van der Waals surface area contributed by atoms with Gasteiger partial charge in [0.2, 0.25) is 0 Å². The molecule has 184 valence electrons. The monoisotopic (exact) mass is 469 g/mol. The first-order valence-electron chi connectivity index (χ1n) is 14.5. The van der Waals surface area contributed by atoms with E-state index in [-0.39, 0.29) is 0 Å². The molecular formula is C29H59P2+. The lowest BCUT2D eigenvalue weighted by Gasteiger charge is -2.51. The molecule has 31 heavy (non-hydrogen) atoms. The molecule has 0 aromatic heterocycles. The third kappa shape index (κ3) is 8.86. The van der Waals surface area contributed by atoms with Gasteiger partial charge in [-0.05, 0) is 25.2 Å². The third-order valence-electron chi connectivity index (χ3n) is 9.10. The lowest BCUT2D eigenvalue weighted by atomic mass is 9.71. The number of hydrogen-bond donors (Lipinski definition) is 0. The van der Waals surface area contributed by atoms with Gasteiger partial charge in [0.1, 0.15) is 0 Å². The molecule has 2 saturated carbocycles. The molecule has 2 aliphatic carbocycles. The van der Waals surface area contributed by atoms with Gasteiger partial charge in [-0.3, -0.25) is 0 Å². The highest BCUT2D eigenvalue weighted by Gasteiger charge is 2.56. The van der Waals surface area contributed by atoms with Crippen LogP contribution in [0.25, 0.3) is 0 Å². The molecule has 0 amide bonds. The van der Waals surface area contributed by atoms with Crippen molar-refractivity contribution in [3.63, 3.8) is 0 Å². The van der Waals surface area contributed by atoms with E-state index in [1.54, 1.807) is 0 Å². The van der Waals surface area contributed by atoms with Gasteiger partial charge in [-0.25, -0.2) is 0 Å². The Morgan fingerprint density at radius 3 is 1.61 bits per heavy atom. The van der Waals surface area contributed by atoms with E-state index in [1.165, 1.54) is 135 Å². The average molecular weight is 470 g/mol. The fourth-order valence-electron chi connectivity index (χ4n) is 7.15. The number of rotatable bonds is 15. The summed E-state index contributed by atoms with van der Waals surface area (Å²) in [6.07, 6.45) is 31.3. The quantitative estimate of drug-likeness (QED) is 0.165. The lowest BCUT2D eigenvalue weighted by molar-refractivity contribution is 0.166. The predicted molar refractivity (Wildman–Crippen MR) is 150 cm³/mol. The molecular weight excluding hydrogens is 410 g/mol. The van der Waals surface area contributed by atoms with Gasteiger partial charge in [0.05, 0.1) is 4.90 Å². The van der Waals surface area contributed by atoms with E-state index < -0.39 is 7.26 Å². The molecule has 3 unspecified atom stereocenters. The largest absolute Gasteiger partial charge is 0.0969 e. The first-order valence-corrected chi connectivity index (χ1v) is 18.2. The molecule has 0 nitrogen and oxygen atoms in total. The van der Waals surface area contributed by atoms with Crippen LogP contribution in [0.5, 0.6) is 0 Å². The minimum atomic E-state index is -0.946. The summed E-state index contributed by atoms with van der Waals surface area (Å²) in [7, 11) is 2.68. The fourth-order valence-corrected chi connectivity index (χ4v) is 10.6. The highest BCUT2D eigenvalue weighted by atomic mass is 31.2. The van der Waals surface area contributed by atoms with Gasteiger partial charge in [-0.1, -0.05) is 132 Å². The molecule has 2 rings (SSSR count). The smallest absolute Gasteiger partial charge is 0.0900 e. The van der Waals surface area contributed by atoms with E-state index in [4.69, 9.17) is 0 Å². The molecule has 0 spiro atoms. The van der Waals surface area contributed by atoms with Crippen molar-refractivity contribution in [2.45, 2.75) is 147 Å². The normalized spacial score (nSPS) is 22.4. The molecule has 0 bridgehead atoms. The second-order valence-electron chi connectivity index (χ2n) is 12.2. The van der Waals surface area contributed by atoms with Gasteiger partial charge in [0, 0.05) is 39.1 Å². The summed E-state index contributed by atoms with van der Waals surface area (Å²) in [5, 5.41) is 0. The molecule has 3 atom stereocenters. The Bertz CT molecular complexity index is 442. The molecule has 0 aromatic rings. The molecule has 0 saturated heterocycles. The van der Waals surface area contributed by atoms with Crippen LogP contribution in [0.3, 0.4) is 0 Å². The Labute approximate surface area is 200 Å². The molecule has 0 aliphatic heterocycles. The van der Waals surface area contributed by atoms with Crippen molar-refractivity contribution in [2.75, 3.05) is 20.0 Å². The van der Waals surface area contributed by atoms with Gasteiger partial charge < -0.3 is 0 Å². The zero-order valence-electron chi connectivity index (χ0n) is 22.1. The Hall–Kier alpha value is 0.860. The molecule has 0 radical (unpaired) electrons. The van der Waals surface area contributed by atoms with Crippen LogP contribution in [-0.2, 0) is 0 Å². The van der Waals surface area contributed by atoms with E-state index in [1.807, 2.05) is 0 Å². The summed E-state index contributed by atoms with van der Waals surface area (Å²) >= 11 is 0. The second-order valence-corrected chi connectivity index (χ2v) is 18.5. The van der Waals surface area contributed by atoms with Gasteiger partial charge in [0.15, 0.2) is 0 Å². The lowest BCUT2D eigenvalue weighted by Crippen LogP contribution is -2.45. The highest BCUT2D eigenvalue weighted by Crippen LogP contribution is 2.73. The summed E-state index contributed by atoms with van der Waals surface area (Å²) in [6.45, 7) is 10.4. The zero-order valence-corrected chi connectivity index (χ0v) is 24.2. The summed E-state index contributed by atoms with van der Waals surface area (Å²) in [5.74, 6) is 2.98. The van der Waals surface area contributed by atoms with Crippen LogP contribution in [-0.4, -0.2) is 24.9 Å². The van der Waals surface area contributed by atoms with Crippen LogP contribution in [0.2, 0.25) is 0 Å². The Balaban J connectivity index is 1.91. The Morgan fingerprint density at radius 1 is 0.677 bits per heavy atom. The van der Waals surface area contributed by atoms with Crippen molar-refractivity contribution < 1.29 is 0 Å². The summed E-state index contributed by atoms with van der Waals surface area (Å²) < 4.78 is 0. The van der Waals surface area contributed by atoms with Crippen molar-refractivity contribution in [1.82, 2.24) is 0 Å². The summed E-state index contributed by atoms with van der Waals surface area (Å²) in [6, 6.07) is 0. The third-order valence-corrected chi connectivity index (χ3v) is 15.3. The topological polar surface area (TPSA) is 0 Å². The molecule has 2 aliphatic rings. The van der Waals surface area contributed by atoms with Crippen LogP contribution in [0.1, 0.15) is 142 Å². The molecule has 0 heterocycles. The predicted octanol–water partition coefficient (Wildman–Crippen LogP) is 10.6. The highest BCUT2D eigenvalue weighted by molar-refractivity contribution is 7.80. The van der Waals surface area contributed by atoms with Gasteiger partial charge in [0.25, 0.3) is 0 Å². The van der Waals surface area contributed by atoms with E-state index in [0.29, 0.717) is 4.90 Å². The van der Waals surface area contributed by atoms with Gasteiger partial charge in [-0.2, -0.15) is 0 Å². The van der Waals surface area contributed by atoms with E-state index in [0.717, 1.165) is 17.8 Å². The van der Waals surface area contributed by atoms with Gasteiger partial charge in [-0.15, -0.1) is 0 Å². The fraction of sp³-hybridized carbons (Fsp3) is 1.00. The number of hydrogen-bond acceptors (Lipinski definition) is 0. The van der Waals surface area contributed by atoms with Crippen LogP contribution in [0.15, 0.2) is 0 Å². The standard InChI is InChI=1S/C29H59P2/c1-5-6-7-8-9-10-11-12-13-20-25-28(26-21-16-14-17-22-26)29(30,31(2,3)4)27-23-18-15-19-24-27/h26-28H,5-25,30H2,1-4H3/q+1. The van der Waals surface area contributed by atoms with Gasteiger partial charge >= 0.3 is 0 Å². The maximum absolute atomic E-state index is 3.63. The molecule has 0 aromatic carbocycles. The maximum Gasteiger partial charge on any atom is 0.0969 e. The molecule has 2 fully saturated rings. The van der Waals surface area contributed by atoms with E-state index >= 15 is 0 Å². The first-order chi connectivity index (χ1) is 14.9. The second kappa shape index (κ2) is 15.0. The molecule has 2 heteroatoms. The molecule has 0 N–H and O–H groups in total. The summed E-state index contributed by atoms with van der Waals surface area (Å²) in [4.78, 5) is 0.550. The maximum atomic E-state index is 3.63. The van der Waals surface area contributed by atoms with E-state index in [9.17, 15) is 0 Å². The number of unbranched alkanes of at least 4 members (excludes halogenated alkanes) is 9. The van der Waals surface area contributed by atoms with Crippen molar-refractivity contribution >= 4 is 16.5 Å². The van der Waals surface area contributed by atoms with Crippen molar-refractivity contribution in [1.29, 1.82) is 0 Å². The summed E-state index contributed by atoms with van der Waals surface area (Å²) in [5.41, 5.74) is 0. The van der Waals surface area contributed by atoms with Crippen molar-refractivity contribution in [3.05, 3.63) is 0 Å². The van der Waals surface area contributed by atoms with Crippen LogP contribution in [0, 0.1) is 17.8 Å². The zero-order chi connectivity index (χ0) is 22.6. The van der Waals surface area contributed by atoms with E-state index in [2.05, 4.69) is 36.2 Å². The Morgan fingerprint density at radius 2 is 1.13 bits per heavy atom. The van der Waals surface area contributed by atoms with Crippen LogP contribution >= 0.6 is 16.5 Å². The first kappa shape index (κ1) is 28.1. The van der Waals surface area contributed by atoms with Crippen LogP contribution in [0.4, 0.5) is 0 Å². The van der Waals surface area contributed by atoms with Crippen molar-refractivity contribution in [2.24, 2.45) is 17.8 Å². The van der Waals surface area contributed by atoms with Crippen LogP contribution < -0.4 is 0 Å². The SMILES string of the molecule is CCCCCCCCCCCCC(C1CCCCC1)C(P)(C1CCCCC1)[P+](C)(C)C. The minimum Gasteiger partial charge on any atom is -0.0900 e. The Kier molecular flexibility index (Phi) is 13.6. The minimum absolute atomic E-state index is 0.550. The average Bonchev–Trinajstić information content (AvgIpc) is 2.77.